The highest BCUT2D eigenvalue weighted by Crippen LogP contribution is 1.77. The summed E-state index contributed by atoms with van der Waals surface area (Å²) < 4.78 is 0. The minimum atomic E-state index is -0.376. The first-order chi connectivity index (χ1) is 5.07. The van der Waals surface area contributed by atoms with Crippen LogP contribution < -0.4 is 11.1 Å². The Labute approximate surface area is 66.2 Å². The molecule has 0 spiro atoms. The zero-order chi connectivity index (χ0) is 8.85. The van der Waals surface area contributed by atoms with E-state index in [1.165, 1.54) is 4.90 Å². The lowest BCUT2D eigenvalue weighted by molar-refractivity contribution is 0.212. The maximum Gasteiger partial charge on any atom is 0.316 e. The summed E-state index contributed by atoms with van der Waals surface area (Å²) in [4.78, 5) is 12.2. The third kappa shape index (κ3) is 4.58. The number of nitrogens with two attached hydrogens (primary N) is 1. The van der Waals surface area contributed by atoms with E-state index in [4.69, 9.17) is 10.8 Å². The predicted octanol–water partition coefficient (Wildman–Crippen LogP) is -1.42. The molecule has 4 N–H and O–H groups in total. The smallest absolute Gasteiger partial charge is 0.316 e. The second kappa shape index (κ2) is 4.92. The van der Waals surface area contributed by atoms with Crippen molar-refractivity contribution in [3.63, 3.8) is 0 Å². The number of carbonyl (C=O) groups is 1. The van der Waals surface area contributed by atoms with Gasteiger partial charge in [0, 0.05) is 26.7 Å². The van der Waals surface area contributed by atoms with Crippen molar-refractivity contribution >= 4 is 6.03 Å². The highest BCUT2D eigenvalue weighted by molar-refractivity contribution is 5.73. The SMILES string of the molecule is CN(C)C(=O)NCC(N)CO. The van der Waals surface area contributed by atoms with Gasteiger partial charge in [-0.15, -0.1) is 0 Å². The minimum absolute atomic E-state index is 0.117. The van der Waals surface area contributed by atoms with E-state index in [0.717, 1.165) is 0 Å². The van der Waals surface area contributed by atoms with Gasteiger partial charge in [-0.3, -0.25) is 0 Å². The maximum absolute atomic E-state index is 10.8. The molecule has 1 unspecified atom stereocenters. The molecule has 0 aromatic carbocycles. The molecule has 0 rings (SSSR count). The van der Waals surface area contributed by atoms with Crippen LogP contribution in [0.3, 0.4) is 0 Å². The van der Waals surface area contributed by atoms with E-state index in [0.29, 0.717) is 6.54 Å². The standard InChI is InChI=1S/C6H15N3O2/c1-9(2)6(11)8-3-5(7)4-10/h5,10H,3-4,7H2,1-2H3,(H,8,11). The highest BCUT2D eigenvalue weighted by atomic mass is 16.3. The van der Waals surface area contributed by atoms with Crippen LogP contribution in [-0.2, 0) is 0 Å². The van der Waals surface area contributed by atoms with Gasteiger partial charge < -0.3 is 21.1 Å². The summed E-state index contributed by atoms with van der Waals surface area (Å²) >= 11 is 0. The molecule has 5 heteroatoms. The molecule has 1 atom stereocenters. The van der Waals surface area contributed by atoms with Crippen molar-refractivity contribution in [3.05, 3.63) is 0 Å². The van der Waals surface area contributed by atoms with E-state index in [1.807, 2.05) is 0 Å². The number of carbonyl (C=O) groups excluding carboxylic acids is 1. The quantitative estimate of drug-likeness (QED) is 0.475. The monoisotopic (exact) mass is 161 g/mol. The number of nitrogens with zero attached hydrogens (tertiary/aromatic N) is 1. The van der Waals surface area contributed by atoms with Gasteiger partial charge in [-0.1, -0.05) is 0 Å². The lowest BCUT2D eigenvalue weighted by Crippen LogP contribution is -2.43. The molecule has 0 aliphatic heterocycles. The maximum atomic E-state index is 10.8. The molecule has 0 bridgehead atoms. The summed E-state index contributed by atoms with van der Waals surface area (Å²) in [5, 5.41) is 11.0. The van der Waals surface area contributed by atoms with Gasteiger partial charge in [0.2, 0.25) is 0 Å². The highest BCUT2D eigenvalue weighted by Gasteiger charge is 2.04. The first-order valence-corrected chi connectivity index (χ1v) is 3.39. The number of aliphatic hydroxyl groups excluding tert-OH is 1. The molecule has 0 saturated heterocycles. The van der Waals surface area contributed by atoms with Crippen LogP contribution in [0, 0.1) is 0 Å². The van der Waals surface area contributed by atoms with Crippen molar-refractivity contribution in [1.29, 1.82) is 0 Å². The van der Waals surface area contributed by atoms with Gasteiger partial charge in [-0.25, -0.2) is 4.79 Å². The van der Waals surface area contributed by atoms with E-state index in [2.05, 4.69) is 5.32 Å². The minimum Gasteiger partial charge on any atom is -0.395 e. The fraction of sp³-hybridized carbons (Fsp3) is 0.833. The number of hydrogen-bond donors (Lipinski definition) is 3. The Morgan fingerprint density at radius 3 is 2.64 bits per heavy atom. The number of nitrogens with one attached hydrogen (secondary N) is 1. The van der Waals surface area contributed by atoms with Crippen LogP contribution in [0.5, 0.6) is 0 Å². The number of rotatable bonds is 3. The van der Waals surface area contributed by atoms with E-state index in [-0.39, 0.29) is 18.7 Å². The molecule has 0 saturated carbocycles. The van der Waals surface area contributed by atoms with E-state index in [1.54, 1.807) is 14.1 Å². The van der Waals surface area contributed by atoms with Gasteiger partial charge in [-0.2, -0.15) is 0 Å². The van der Waals surface area contributed by atoms with Crippen molar-refractivity contribution in [1.82, 2.24) is 10.2 Å². The van der Waals surface area contributed by atoms with Crippen LogP contribution in [0.15, 0.2) is 0 Å². The molecule has 0 aromatic heterocycles. The Balaban J connectivity index is 3.46. The summed E-state index contributed by atoms with van der Waals surface area (Å²) in [6, 6.07) is -0.576. The van der Waals surface area contributed by atoms with Crippen LogP contribution in [0.2, 0.25) is 0 Å². The molecule has 0 aliphatic carbocycles. The molecular formula is C6H15N3O2. The van der Waals surface area contributed by atoms with Gasteiger partial charge in [0.25, 0.3) is 0 Å². The predicted molar refractivity (Wildman–Crippen MR) is 42.1 cm³/mol. The zero-order valence-corrected chi connectivity index (χ0v) is 6.87. The van der Waals surface area contributed by atoms with E-state index in [9.17, 15) is 4.79 Å². The number of amides is 2. The third-order valence-corrected chi connectivity index (χ3v) is 1.16. The fourth-order valence-electron chi connectivity index (χ4n) is 0.441. The normalized spacial score (nSPS) is 12.4. The number of hydrogen-bond acceptors (Lipinski definition) is 3. The van der Waals surface area contributed by atoms with Gasteiger partial charge in [0.1, 0.15) is 0 Å². The van der Waals surface area contributed by atoms with Crippen molar-refractivity contribution < 1.29 is 9.90 Å². The lowest BCUT2D eigenvalue weighted by Gasteiger charge is -2.14. The van der Waals surface area contributed by atoms with Crippen molar-refractivity contribution in [2.75, 3.05) is 27.2 Å². The Morgan fingerprint density at radius 2 is 2.27 bits per heavy atom. The summed E-state index contributed by atoms with van der Waals surface area (Å²) in [7, 11) is 3.28. The molecule has 0 fully saturated rings. The molecule has 0 aromatic rings. The average molecular weight is 161 g/mol. The van der Waals surface area contributed by atoms with Crippen LogP contribution in [0.4, 0.5) is 4.79 Å². The van der Waals surface area contributed by atoms with E-state index >= 15 is 0 Å². The third-order valence-electron chi connectivity index (χ3n) is 1.16. The van der Waals surface area contributed by atoms with Gasteiger partial charge in [0.15, 0.2) is 0 Å². The average Bonchev–Trinajstić information content (AvgIpc) is 1.99. The largest absolute Gasteiger partial charge is 0.395 e. The summed E-state index contributed by atoms with van der Waals surface area (Å²) in [5.74, 6) is 0. The zero-order valence-electron chi connectivity index (χ0n) is 6.87. The topological polar surface area (TPSA) is 78.6 Å². The van der Waals surface area contributed by atoms with E-state index < -0.39 is 0 Å². The molecule has 11 heavy (non-hydrogen) atoms. The van der Waals surface area contributed by atoms with Crippen LogP contribution in [-0.4, -0.2) is 49.3 Å². The first-order valence-electron chi connectivity index (χ1n) is 3.39. The Bertz CT molecular complexity index is 127. The summed E-state index contributed by atoms with van der Waals surface area (Å²) in [6.07, 6.45) is 0. The molecule has 0 radical (unpaired) electrons. The van der Waals surface area contributed by atoms with Crippen molar-refractivity contribution in [2.24, 2.45) is 5.73 Å². The molecule has 5 nitrogen and oxygen atoms in total. The molecule has 0 heterocycles. The summed E-state index contributed by atoms with van der Waals surface area (Å²) in [6.45, 7) is 0.182. The van der Waals surface area contributed by atoms with Crippen LogP contribution in [0.25, 0.3) is 0 Å². The van der Waals surface area contributed by atoms with Crippen molar-refractivity contribution in [2.45, 2.75) is 6.04 Å². The molecule has 2 amide bonds. The van der Waals surface area contributed by atoms with Crippen LogP contribution in [0.1, 0.15) is 0 Å². The number of aliphatic hydroxyl groups is 1. The molecule has 0 aliphatic rings. The lowest BCUT2D eigenvalue weighted by atomic mass is 10.3. The molecule has 66 valence electrons. The van der Waals surface area contributed by atoms with Crippen molar-refractivity contribution in [3.8, 4) is 0 Å². The van der Waals surface area contributed by atoms with Crippen LogP contribution >= 0.6 is 0 Å². The fourth-order valence-corrected chi connectivity index (χ4v) is 0.441. The summed E-state index contributed by atoms with van der Waals surface area (Å²) in [5.41, 5.74) is 5.34. The van der Waals surface area contributed by atoms with Gasteiger partial charge in [-0.05, 0) is 0 Å². The Kier molecular flexibility index (Phi) is 4.56. The first kappa shape index (κ1) is 10.2. The molecular weight excluding hydrogens is 146 g/mol. The van der Waals surface area contributed by atoms with Gasteiger partial charge in [0.05, 0.1) is 6.61 Å². The van der Waals surface area contributed by atoms with Gasteiger partial charge >= 0.3 is 6.03 Å². The Morgan fingerprint density at radius 1 is 1.73 bits per heavy atom. The Hall–Kier alpha value is -0.810. The second-order valence-corrected chi connectivity index (χ2v) is 2.52. The number of urea groups is 1. The second-order valence-electron chi connectivity index (χ2n) is 2.52.